The lowest BCUT2D eigenvalue weighted by molar-refractivity contribution is 0.0600. The molecule has 1 amide bonds. The number of carbonyl (C=O) groups excluding carboxylic acids is 2. The Morgan fingerprint density at radius 1 is 1.14 bits per heavy atom. The van der Waals surface area contributed by atoms with E-state index in [2.05, 4.69) is 38.3 Å². The Labute approximate surface area is 217 Å². The number of nitrogens with one attached hydrogen (secondary N) is 2. The van der Waals surface area contributed by atoms with E-state index in [-0.39, 0.29) is 16.5 Å². The molecule has 0 bridgehead atoms. The van der Waals surface area contributed by atoms with Crippen molar-refractivity contribution in [3.05, 3.63) is 45.8 Å². The van der Waals surface area contributed by atoms with Gasteiger partial charge in [0.05, 0.1) is 17.6 Å². The molecular formula is C26H35N3O5S2. The first-order chi connectivity index (χ1) is 16.8. The molecule has 1 unspecified atom stereocenters. The number of sulfonamides is 1. The fourth-order valence-corrected chi connectivity index (χ4v) is 8.41. The SMILES string of the molecule is COC(=O)c1c(NC(=O)c2ccc(S(=O)(=O)N3CCCCC3C)cc2)sc2c1CC(C)(C)NC2(C)C. The van der Waals surface area contributed by atoms with Crippen LogP contribution in [-0.2, 0) is 26.7 Å². The van der Waals surface area contributed by atoms with E-state index in [0.717, 1.165) is 29.7 Å². The van der Waals surface area contributed by atoms with Gasteiger partial charge < -0.3 is 15.4 Å². The first-order valence-electron chi connectivity index (χ1n) is 12.2. The van der Waals surface area contributed by atoms with Gasteiger partial charge in [-0.15, -0.1) is 11.3 Å². The highest BCUT2D eigenvalue weighted by atomic mass is 32.2. The van der Waals surface area contributed by atoms with Crippen LogP contribution in [0.2, 0.25) is 0 Å². The Hall–Kier alpha value is -2.27. The fraction of sp³-hybridized carbons (Fsp3) is 0.538. The molecule has 1 atom stereocenters. The molecule has 1 saturated heterocycles. The van der Waals surface area contributed by atoms with Crippen molar-refractivity contribution in [1.82, 2.24) is 9.62 Å². The van der Waals surface area contributed by atoms with E-state index in [1.54, 1.807) is 4.31 Å². The Morgan fingerprint density at radius 3 is 2.42 bits per heavy atom. The molecule has 3 heterocycles. The molecule has 2 aliphatic heterocycles. The smallest absolute Gasteiger partial charge is 0.341 e. The number of anilines is 1. The number of fused-ring (bicyclic) bond motifs is 1. The second-order valence-electron chi connectivity index (χ2n) is 10.9. The summed E-state index contributed by atoms with van der Waals surface area (Å²) in [5.74, 6) is -0.910. The van der Waals surface area contributed by atoms with E-state index in [1.165, 1.54) is 42.7 Å². The normalized spacial score (nSPS) is 21.4. The largest absolute Gasteiger partial charge is 0.465 e. The maximum Gasteiger partial charge on any atom is 0.341 e. The zero-order valence-electron chi connectivity index (χ0n) is 21.7. The number of hydrogen-bond donors (Lipinski definition) is 2. The molecule has 0 radical (unpaired) electrons. The number of rotatable bonds is 5. The summed E-state index contributed by atoms with van der Waals surface area (Å²) >= 11 is 1.36. The fourth-order valence-electron chi connectivity index (χ4n) is 5.45. The number of amides is 1. The average molecular weight is 534 g/mol. The van der Waals surface area contributed by atoms with Crippen molar-refractivity contribution in [3.63, 3.8) is 0 Å². The summed E-state index contributed by atoms with van der Waals surface area (Å²) in [6.07, 6.45) is 3.33. The molecule has 1 fully saturated rings. The molecule has 2 aliphatic rings. The molecule has 2 N–H and O–H groups in total. The number of methoxy groups -OCH3 is 1. The highest BCUT2D eigenvalue weighted by Crippen LogP contribution is 2.45. The van der Waals surface area contributed by atoms with Gasteiger partial charge in [-0.1, -0.05) is 6.42 Å². The number of piperidine rings is 1. The van der Waals surface area contributed by atoms with E-state index in [9.17, 15) is 18.0 Å². The van der Waals surface area contributed by atoms with Gasteiger partial charge in [-0.05, 0) is 83.7 Å². The third kappa shape index (κ3) is 4.96. The molecule has 36 heavy (non-hydrogen) atoms. The molecule has 0 saturated carbocycles. The third-order valence-corrected chi connectivity index (χ3v) is 10.4. The highest BCUT2D eigenvalue weighted by Gasteiger charge is 2.42. The number of carbonyl (C=O) groups is 2. The summed E-state index contributed by atoms with van der Waals surface area (Å²) < 4.78 is 32.8. The monoisotopic (exact) mass is 533 g/mol. The van der Waals surface area contributed by atoms with Crippen molar-refractivity contribution >= 4 is 38.2 Å². The van der Waals surface area contributed by atoms with Gasteiger partial charge >= 0.3 is 5.97 Å². The first kappa shape index (κ1) is 26.8. The summed E-state index contributed by atoms with van der Waals surface area (Å²) in [4.78, 5) is 27.1. The molecule has 0 spiro atoms. The summed E-state index contributed by atoms with van der Waals surface area (Å²) in [6.45, 7) is 10.7. The number of thiophene rings is 1. The lowest BCUT2D eigenvalue weighted by Gasteiger charge is -2.42. The zero-order valence-corrected chi connectivity index (χ0v) is 23.4. The highest BCUT2D eigenvalue weighted by molar-refractivity contribution is 7.89. The molecule has 2 aromatic rings. The van der Waals surface area contributed by atoms with E-state index < -0.39 is 27.4 Å². The second-order valence-corrected chi connectivity index (χ2v) is 13.8. The average Bonchev–Trinajstić information content (AvgIpc) is 3.15. The van der Waals surface area contributed by atoms with Crippen LogP contribution < -0.4 is 10.6 Å². The Balaban J connectivity index is 1.62. The quantitative estimate of drug-likeness (QED) is 0.548. The van der Waals surface area contributed by atoms with Crippen LogP contribution in [0.3, 0.4) is 0 Å². The van der Waals surface area contributed by atoms with Crippen LogP contribution in [0.4, 0.5) is 5.00 Å². The van der Waals surface area contributed by atoms with Crippen LogP contribution in [-0.4, -0.2) is 49.8 Å². The minimum Gasteiger partial charge on any atom is -0.465 e. The van der Waals surface area contributed by atoms with Crippen LogP contribution in [0.1, 0.15) is 85.0 Å². The second kappa shape index (κ2) is 9.55. The molecular weight excluding hydrogens is 498 g/mol. The Bertz CT molecular complexity index is 1280. The van der Waals surface area contributed by atoms with Gasteiger partial charge in [0.1, 0.15) is 5.00 Å². The van der Waals surface area contributed by atoms with Crippen LogP contribution in [0.15, 0.2) is 29.2 Å². The number of nitrogens with zero attached hydrogens (tertiary/aromatic N) is 1. The maximum absolute atomic E-state index is 13.2. The lowest BCUT2D eigenvalue weighted by atomic mass is 9.81. The van der Waals surface area contributed by atoms with E-state index in [1.807, 2.05) is 6.92 Å². The topological polar surface area (TPSA) is 105 Å². The molecule has 10 heteroatoms. The van der Waals surface area contributed by atoms with Gasteiger partial charge in [0.25, 0.3) is 5.91 Å². The Morgan fingerprint density at radius 2 is 1.81 bits per heavy atom. The van der Waals surface area contributed by atoms with Crippen molar-refractivity contribution in [1.29, 1.82) is 0 Å². The van der Waals surface area contributed by atoms with Gasteiger partial charge in [-0.3, -0.25) is 4.79 Å². The van der Waals surface area contributed by atoms with Crippen molar-refractivity contribution in [2.24, 2.45) is 0 Å². The van der Waals surface area contributed by atoms with Crippen molar-refractivity contribution in [3.8, 4) is 0 Å². The minimum absolute atomic E-state index is 0.0444. The van der Waals surface area contributed by atoms with Gasteiger partial charge in [0, 0.05) is 34.1 Å². The van der Waals surface area contributed by atoms with Crippen molar-refractivity contribution in [2.45, 2.75) is 82.3 Å². The molecule has 0 aliphatic carbocycles. The maximum atomic E-state index is 13.2. The molecule has 196 valence electrons. The summed E-state index contributed by atoms with van der Waals surface area (Å²) in [5.41, 5.74) is 0.935. The minimum atomic E-state index is -3.62. The van der Waals surface area contributed by atoms with E-state index in [4.69, 9.17) is 4.74 Å². The zero-order chi connectivity index (χ0) is 26.5. The molecule has 1 aromatic heterocycles. The van der Waals surface area contributed by atoms with Gasteiger partial charge in [0.2, 0.25) is 10.0 Å². The Kier molecular flexibility index (Phi) is 7.11. The predicted molar refractivity (Wildman–Crippen MR) is 141 cm³/mol. The summed E-state index contributed by atoms with van der Waals surface area (Å²) in [6, 6.07) is 5.92. The number of benzene rings is 1. The van der Waals surface area contributed by atoms with Crippen LogP contribution in [0, 0.1) is 0 Å². The van der Waals surface area contributed by atoms with Crippen LogP contribution in [0.25, 0.3) is 0 Å². The molecule has 4 rings (SSSR count). The third-order valence-electron chi connectivity index (χ3n) is 6.93. The number of ether oxygens (including phenoxy) is 1. The van der Waals surface area contributed by atoms with Gasteiger partial charge in [-0.25, -0.2) is 13.2 Å². The van der Waals surface area contributed by atoms with E-state index >= 15 is 0 Å². The number of esters is 1. The summed E-state index contributed by atoms with van der Waals surface area (Å²) in [7, 11) is -2.29. The predicted octanol–water partition coefficient (Wildman–Crippen LogP) is 4.51. The van der Waals surface area contributed by atoms with Crippen molar-refractivity contribution in [2.75, 3.05) is 19.0 Å². The summed E-state index contributed by atoms with van der Waals surface area (Å²) in [5, 5.41) is 6.92. The lowest BCUT2D eigenvalue weighted by Crippen LogP contribution is -2.55. The van der Waals surface area contributed by atoms with Crippen LogP contribution >= 0.6 is 11.3 Å². The number of hydrogen-bond acceptors (Lipinski definition) is 7. The molecule has 8 nitrogen and oxygen atoms in total. The van der Waals surface area contributed by atoms with Gasteiger partial charge in [0.15, 0.2) is 0 Å². The van der Waals surface area contributed by atoms with Crippen LogP contribution in [0.5, 0.6) is 0 Å². The van der Waals surface area contributed by atoms with Crippen molar-refractivity contribution < 1.29 is 22.7 Å². The van der Waals surface area contributed by atoms with E-state index in [0.29, 0.717) is 29.1 Å². The van der Waals surface area contributed by atoms with Gasteiger partial charge in [-0.2, -0.15) is 4.31 Å². The standard InChI is InChI=1S/C26H35N3O5S2/c1-16-9-7-8-14-29(16)36(32,33)18-12-10-17(11-13-18)22(30)27-23-20(24(31)34-6)19-15-25(2,3)28-26(4,5)21(19)35-23/h10-13,16,28H,7-9,14-15H2,1-6H3,(H,27,30). The molecule has 1 aromatic carbocycles. The first-order valence-corrected chi connectivity index (χ1v) is 14.5.